The molecular weight excluding hydrogens is 532 g/mol. The zero-order valence-electron chi connectivity index (χ0n) is 24.8. The first-order valence-electron chi connectivity index (χ1n) is 15.8. The summed E-state index contributed by atoms with van der Waals surface area (Å²) in [5.74, 6) is 0.165. The third kappa shape index (κ3) is 7.32. The number of amides is 2. The molecule has 222 valence electrons. The van der Waals surface area contributed by atoms with Crippen LogP contribution < -0.4 is 10.6 Å². The van der Waals surface area contributed by atoms with E-state index in [0.717, 1.165) is 30.3 Å². The Morgan fingerprint density at radius 3 is 2.14 bits per heavy atom. The van der Waals surface area contributed by atoms with E-state index in [9.17, 15) is 9.59 Å². The first-order chi connectivity index (χ1) is 21.1. The van der Waals surface area contributed by atoms with Gasteiger partial charge < -0.3 is 20.4 Å². The molecule has 0 radical (unpaired) electrons. The van der Waals surface area contributed by atoms with Crippen molar-refractivity contribution in [1.29, 1.82) is 0 Å². The van der Waals surface area contributed by atoms with Crippen LogP contribution in [0.2, 0.25) is 0 Å². The van der Waals surface area contributed by atoms with Crippen molar-refractivity contribution in [2.75, 3.05) is 39.3 Å². The number of carbonyl (C=O) groups excluding carboxylic acids is 2. The van der Waals surface area contributed by atoms with Crippen molar-refractivity contribution in [3.05, 3.63) is 120 Å². The summed E-state index contributed by atoms with van der Waals surface area (Å²) < 4.78 is 0. The van der Waals surface area contributed by atoms with Crippen LogP contribution in [0.5, 0.6) is 0 Å². The average molecular weight is 575 g/mol. The van der Waals surface area contributed by atoms with Crippen LogP contribution >= 0.6 is 0 Å². The number of hydrogen-bond acceptors (Lipinski definition) is 4. The van der Waals surface area contributed by atoms with Gasteiger partial charge in [0.1, 0.15) is 0 Å². The summed E-state index contributed by atoms with van der Waals surface area (Å²) in [6, 6.07) is 34.6. The molecule has 4 aromatic rings. The molecule has 4 aromatic carbocycles. The molecule has 2 saturated heterocycles. The lowest BCUT2D eigenvalue weighted by atomic mass is 9.90. The number of fused-ring (bicyclic) bond motifs is 1. The molecular formula is C37H42N4O2. The topological polar surface area (TPSA) is 64.7 Å². The molecule has 0 bridgehead atoms. The highest BCUT2D eigenvalue weighted by molar-refractivity contribution is 5.98. The number of nitrogens with zero attached hydrogens (tertiary/aromatic N) is 2. The molecule has 6 rings (SSSR count). The SMILES string of the molecule is O=C(NCC1CCN(CC(c2ccccc2)c2ccccc2)C(=O)C(CN2CCCCC2)N1)c1ccc2ccccc2c1. The molecule has 2 heterocycles. The molecule has 2 aliphatic heterocycles. The molecule has 2 fully saturated rings. The van der Waals surface area contributed by atoms with E-state index in [1.165, 1.54) is 30.4 Å². The van der Waals surface area contributed by atoms with Gasteiger partial charge in [-0.25, -0.2) is 0 Å². The van der Waals surface area contributed by atoms with Gasteiger partial charge in [0.2, 0.25) is 5.91 Å². The number of benzene rings is 4. The first kappa shape index (κ1) is 29.1. The minimum Gasteiger partial charge on any atom is -0.350 e. The number of nitrogens with one attached hydrogen (secondary N) is 2. The van der Waals surface area contributed by atoms with E-state index in [-0.39, 0.29) is 29.8 Å². The molecule has 2 N–H and O–H groups in total. The average Bonchev–Trinajstić information content (AvgIpc) is 3.21. The molecule has 0 aliphatic carbocycles. The Bertz CT molecular complexity index is 1460. The smallest absolute Gasteiger partial charge is 0.251 e. The standard InChI is InChI=1S/C37H42N4O2/c42-36(32-19-18-28-12-8-9-17-31(28)24-32)38-25-33-20-23-41(37(43)35(39-33)27-40-21-10-3-11-22-40)26-34(29-13-4-1-5-14-29)30-15-6-2-7-16-30/h1-2,4-9,12-19,24,33-35,39H,3,10-11,20-23,25-27H2,(H,38,42). The van der Waals surface area contributed by atoms with Crippen molar-refractivity contribution in [2.24, 2.45) is 0 Å². The van der Waals surface area contributed by atoms with Crippen molar-refractivity contribution in [3.63, 3.8) is 0 Å². The van der Waals surface area contributed by atoms with Gasteiger partial charge in [-0.2, -0.15) is 0 Å². The zero-order valence-corrected chi connectivity index (χ0v) is 24.8. The molecule has 2 amide bonds. The summed E-state index contributed by atoms with van der Waals surface area (Å²) in [5, 5.41) is 9.02. The minimum absolute atomic E-state index is 0.0000440. The number of piperidine rings is 1. The van der Waals surface area contributed by atoms with Gasteiger partial charge in [-0.15, -0.1) is 0 Å². The van der Waals surface area contributed by atoms with E-state index in [1.807, 2.05) is 48.5 Å². The third-order valence-corrected chi connectivity index (χ3v) is 9.01. The van der Waals surface area contributed by atoms with Crippen molar-refractivity contribution in [2.45, 2.75) is 43.7 Å². The van der Waals surface area contributed by atoms with Gasteiger partial charge in [0, 0.05) is 43.7 Å². The molecule has 6 heteroatoms. The quantitative estimate of drug-likeness (QED) is 0.279. The summed E-state index contributed by atoms with van der Waals surface area (Å²) in [7, 11) is 0. The van der Waals surface area contributed by atoms with E-state index in [0.29, 0.717) is 31.7 Å². The molecule has 43 heavy (non-hydrogen) atoms. The Labute approximate surface area is 255 Å². The van der Waals surface area contributed by atoms with Crippen LogP contribution in [-0.4, -0.2) is 73.0 Å². The highest BCUT2D eigenvalue weighted by Crippen LogP contribution is 2.27. The van der Waals surface area contributed by atoms with Crippen LogP contribution in [0.25, 0.3) is 10.8 Å². The number of carbonyl (C=O) groups is 2. The molecule has 2 atom stereocenters. The fourth-order valence-electron chi connectivity index (χ4n) is 6.60. The van der Waals surface area contributed by atoms with E-state index >= 15 is 0 Å². The summed E-state index contributed by atoms with van der Waals surface area (Å²) in [6.07, 6.45) is 4.39. The normalized spacial score (nSPS) is 19.8. The second kappa shape index (κ2) is 14.0. The van der Waals surface area contributed by atoms with Crippen molar-refractivity contribution >= 4 is 22.6 Å². The Kier molecular flexibility index (Phi) is 9.46. The highest BCUT2D eigenvalue weighted by atomic mass is 16.2. The number of hydrogen-bond donors (Lipinski definition) is 2. The van der Waals surface area contributed by atoms with Gasteiger partial charge in [0.05, 0.1) is 6.04 Å². The van der Waals surface area contributed by atoms with Crippen molar-refractivity contribution in [1.82, 2.24) is 20.4 Å². The largest absolute Gasteiger partial charge is 0.350 e. The van der Waals surface area contributed by atoms with Gasteiger partial charge in [-0.3, -0.25) is 9.59 Å². The Morgan fingerprint density at radius 1 is 0.791 bits per heavy atom. The van der Waals surface area contributed by atoms with Crippen LogP contribution in [0.15, 0.2) is 103 Å². The molecule has 0 spiro atoms. The van der Waals surface area contributed by atoms with E-state index < -0.39 is 0 Å². The summed E-state index contributed by atoms with van der Waals surface area (Å²) in [5.41, 5.74) is 3.08. The Hall–Kier alpha value is -4.00. The Balaban J connectivity index is 1.19. The number of likely N-dealkylation sites (tertiary alicyclic amines) is 1. The maximum atomic E-state index is 14.2. The maximum Gasteiger partial charge on any atom is 0.251 e. The van der Waals surface area contributed by atoms with Crippen LogP contribution in [0.3, 0.4) is 0 Å². The Morgan fingerprint density at radius 2 is 1.44 bits per heavy atom. The van der Waals surface area contributed by atoms with E-state index in [4.69, 9.17) is 0 Å². The lowest BCUT2D eigenvalue weighted by molar-refractivity contribution is -0.133. The van der Waals surface area contributed by atoms with Gasteiger partial charge in [0.15, 0.2) is 0 Å². The van der Waals surface area contributed by atoms with Crippen LogP contribution in [0.1, 0.15) is 53.1 Å². The molecule has 2 aliphatic rings. The van der Waals surface area contributed by atoms with Crippen molar-refractivity contribution in [3.8, 4) is 0 Å². The fourth-order valence-corrected chi connectivity index (χ4v) is 6.60. The molecule has 6 nitrogen and oxygen atoms in total. The highest BCUT2D eigenvalue weighted by Gasteiger charge is 2.34. The lowest BCUT2D eigenvalue weighted by Gasteiger charge is -2.33. The van der Waals surface area contributed by atoms with Gasteiger partial charge in [0.25, 0.3) is 5.91 Å². The number of rotatable bonds is 9. The van der Waals surface area contributed by atoms with Crippen LogP contribution in [0.4, 0.5) is 0 Å². The first-order valence-corrected chi connectivity index (χ1v) is 15.8. The third-order valence-electron chi connectivity index (χ3n) is 9.01. The van der Waals surface area contributed by atoms with E-state index in [1.54, 1.807) is 0 Å². The summed E-state index contributed by atoms with van der Waals surface area (Å²) in [4.78, 5) is 31.9. The van der Waals surface area contributed by atoms with Gasteiger partial charge >= 0.3 is 0 Å². The second-order valence-corrected chi connectivity index (χ2v) is 12.0. The fraction of sp³-hybridized carbons (Fsp3) is 0.351. The van der Waals surface area contributed by atoms with Crippen LogP contribution in [0, 0.1) is 0 Å². The van der Waals surface area contributed by atoms with Crippen molar-refractivity contribution < 1.29 is 9.59 Å². The molecule has 2 unspecified atom stereocenters. The predicted octanol–water partition coefficient (Wildman–Crippen LogP) is 5.45. The maximum absolute atomic E-state index is 14.2. The van der Waals surface area contributed by atoms with Crippen LogP contribution in [-0.2, 0) is 4.79 Å². The zero-order chi connectivity index (χ0) is 29.4. The molecule has 0 saturated carbocycles. The van der Waals surface area contributed by atoms with Gasteiger partial charge in [-0.05, 0) is 66.4 Å². The molecule has 0 aromatic heterocycles. The van der Waals surface area contributed by atoms with E-state index in [2.05, 4.69) is 75.0 Å². The summed E-state index contributed by atoms with van der Waals surface area (Å²) >= 11 is 0. The lowest BCUT2D eigenvalue weighted by Crippen LogP contribution is -2.54. The minimum atomic E-state index is -0.310. The second-order valence-electron chi connectivity index (χ2n) is 12.0. The monoisotopic (exact) mass is 574 g/mol. The summed E-state index contributed by atoms with van der Waals surface area (Å²) in [6.45, 7) is 4.52. The van der Waals surface area contributed by atoms with Gasteiger partial charge in [-0.1, -0.05) is 97.4 Å². The predicted molar refractivity (Wildman–Crippen MR) is 173 cm³/mol.